The van der Waals surface area contributed by atoms with Gasteiger partial charge in [-0.15, -0.1) is 11.8 Å². The monoisotopic (exact) mass is 286 g/mol. The fourth-order valence-corrected chi connectivity index (χ4v) is 3.21. The van der Waals surface area contributed by atoms with Crippen LogP contribution in [0.1, 0.15) is 0 Å². The number of anilines is 1. The lowest BCUT2D eigenvalue weighted by molar-refractivity contribution is -0.117. The number of carbonyl (C=O) groups is 1. The summed E-state index contributed by atoms with van der Waals surface area (Å²) in [5, 5.41) is 5.77. The van der Waals surface area contributed by atoms with Crippen LogP contribution in [0.2, 0.25) is 0 Å². The van der Waals surface area contributed by atoms with Gasteiger partial charge in [0.15, 0.2) is 9.84 Å². The van der Waals surface area contributed by atoms with Crippen LogP contribution >= 0.6 is 11.8 Å². The van der Waals surface area contributed by atoms with Crippen LogP contribution in [0.5, 0.6) is 0 Å². The summed E-state index contributed by atoms with van der Waals surface area (Å²) in [7, 11) is -3.25. The summed E-state index contributed by atoms with van der Waals surface area (Å²) in [6.07, 6.45) is 1.14. The molecule has 98 valence electrons. The third kappa shape index (κ3) is 3.24. The highest BCUT2D eigenvalue weighted by Gasteiger charge is 2.22. The van der Waals surface area contributed by atoms with Gasteiger partial charge < -0.3 is 5.32 Å². The number of sulfone groups is 1. The Hall–Kier alpha value is -1.05. The number of amides is 1. The summed E-state index contributed by atoms with van der Waals surface area (Å²) in [6.45, 7) is 0. The van der Waals surface area contributed by atoms with Gasteiger partial charge in [0, 0.05) is 23.6 Å². The molecule has 1 unspecified atom stereocenters. The molecule has 0 radical (unpaired) electrons. The predicted molar refractivity (Wildman–Crippen MR) is 72.4 cm³/mol. The first-order valence-corrected chi connectivity index (χ1v) is 8.43. The van der Waals surface area contributed by atoms with E-state index in [2.05, 4.69) is 10.6 Å². The Morgan fingerprint density at radius 1 is 1.50 bits per heavy atom. The maximum Gasteiger partial charge on any atom is 0.242 e. The van der Waals surface area contributed by atoms with Crippen LogP contribution in [0, 0.1) is 0 Å². The van der Waals surface area contributed by atoms with E-state index in [1.807, 2.05) is 0 Å². The molecule has 5 nitrogen and oxygen atoms in total. The SMILES string of the molecule is CS(=O)(=O)c1cccc(NC(=O)C2CSCN2)c1. The second kappa shape index (κ2) is 5.29. The summed E-state index contributed by atoms with van der Waals surface area (Å²) in [5.41, 5.74) is 0.502. The molecule has 1 heterocycles. The van der Waals surface area contributed by atoms with Gasteiger partial charge in [-0.2, -0.15) is 0 Å². The van der Waals surface area contributed by atoms with Crippen molar-refractivity contribution in [1.82, 2.24) is 5.32 Å². The fraction of sp³-hybridized carbons (Fsp3) is 0.364. The van der Waals surface area contributed by atoms with Crippen LogP contribution in [0.25, 0.3) is 0 Å². The first kappa shape index (κ1) is 13.4. The lowest BCUT2D eigenvalue weighted by Crippen LogP contribution is -2.37. The lowest BCUT2D eigenvalue weighted by Gasteiger charge is -2.11. The minimum Gasteiger partial charge on any atom is -0.325 e. The Bertz CT molecular complexity index is 551. The Labute approximate surface area is 110 Å². The normalized spacial score (nSPS) is 19.7. The number of thioether (sulfide) groups is 1. The van der Waals surface area contributed by atoms with Crippen LogP contribution in [-0.4, -0.2) is 38.3 Å². The average molecular weight is 286 g/mol. The van der Waals surface area contributed by atoms with Crippen molar-refractivity contribution in [3.05, 3.63) is 24.3 Å². The van der Waals surface area contributed by atoms with E-state index < -0.39 is 9.84 Å². The molecular formula is C11H14N2O3S2. The van der Waals surface area contributed by atoms with Gasteiger partial charge in [0.05, 0.1) is 10.9 Å². The van der Waals surface area contributed by atoms with Gasteiger partial charge in [-0.25, -0.2) is 8.42 Å². The molecule has 1 aromatic rings. The van der Waals surface area contributed by atoms with Crippen LogP contribution < -0.4 is 10.6 Å². The van der Waals surface area contributed by atoms with E-state index in [0.717, 1.165) is 17.9 Å². The van der Waals surface area contributed by atoms with E-state index in [0.29, 0.717) is 5.69 Å². The van der Waals surface area contributed by atoms with Crippen molar-refractivity contribution in [2.45, 2.75) is 10.9 Å². The zero-order chi connectivity index (χ0) is 13.2. The quantitative estimate of drug-likeness (QED) is 0.855. The molecule has 1 fully saturated rings. The fourth-order valence-electron chi connectivity index (χ4n) is 1.60. The van der Waals surface area contributed by atoms with Crippen LogP contribution in [-0.2, 0) is 14.6 Å². The van der Waals surface area contributed by atoms with Gasteiger partial charge in [-0.05, 0) is 18.2 Å². The van der Waals surface area contributed by atoms with Gasteiger partial charge in [0.25, 0.3) is 0 Å². The standard InChI is InChI=1S/C11H14N2O3S2/c1-18(15,16)9-4-2-3-8(5-9)13-11(14)10-6-17-7-12-10/h2-5,10,12H,6-7H2,1H3,(H,13,14). The molecule has 1 atom stereocenters. The maximum absolute atomic E-state index is 11.8. The molecule has 0 bridgehead atoms. The van der Waals surface area contributed by atoms with Crippen molar-refractivity contribution in [1.29, 1.82) is 0 Å². The topological polar surface area (TPSA) is 75.3 Å². The van der Waals surface area contributed by atoms with Gasteiger partial charge in [0.2, 0.25) is 5.91 Å². The molecule has 2 N–H and O–H groups in total. The molecule has 0 spiro atoms. The predicted octanol–water partition coefficient (Wildman–Crippen LogP) is 0.691. The highest BCUT2D eigenvalue weighted by molar-refractivity contribution is 7.99. The number of benzene rings is 1. The Kier molecular flexibility index (Phi) is 3.94. The first-order chi connectivity index (χ1) is 8.47. The van der Waals surface area contributed by atoms with Gasteiger partial charge >= 0.3 is 0 Å². The van der Waals surface area contributed by atoms with Crippen molar-refractivity contribution < 1.29 is 13.2 Å². The summed E-state index contributed by atoms with van der Waals surface area (Å²) >= 11 is 1.66. The highest BCUT2D eigenvalue weighted by Crippen LogP contribution is 2.17. The molecule has 0 aliphatic carbocycles. The van der Waals surface area contributed by atoms with E-state index in [-0.39, 0.29) is 16.8 Å². The van der Waals surface area contributed by atoms with E-state index in [1.165, 1.54) is 12.1 Å². The number of carbonyl (C=O) groups excluding carboxylic acids is 1. The molecule has 1 aliphatic heterocycles. The zero-order valence-corrected chi connectivity index (χ0v) is 11.5. The Balaban J connectivity index is 2.12. The van der Waals surface area contributed by atoms with Gasteiger partial charge in [-0.1, -0.05) is 6.07 Å². The smallest absolute Gasteiger partial charge is 0.242 e. The van der Waals surface area contributed by atoms with E-state index >= 15 is 0 Å². The maximum atomic E-state index is 11.8. The molecule has 1 saturated heterocycles. The first-order valence-electron chi connectivity index (χ1n) is 5.39. The summed E-state index contributed by atoms with van der Waals surface area (Å²) < 4.78 is 22.8. The second-order valence-electron chi connectivity index (χ2n) is 4.06. The molecule has 7 heteroatoms. The minimum absolute atomic E-state index is 0.134. The third-order valence-electron chi connectivity index (χ3n) is 2.56. The van der Waals surface area contributed by atoms with Crippen molar-refractivity contribution in [3.8, 4) is 0 Å². The number of hydrogen-bond donors (Lipinski definition) is 2. The molecule has 0 saturated carbocycles. The van der Waals surface area contributed by atoms with Crippen molar-refractivity contribution in [2.24, 2.45) is 0 Å². The molecular weight excluding hydrogens is 272 g/mol. The van der Waals surface area contributed by atoms with Gasteiger partial charge in [-0.3, -0.25) is 10.1 Å². The Morgan fingerprint density at radius 3 is 2.89 bits per heavy atom. The van der Waals surface area contributed by atoms with Crippen LogP contribution in [0.4, 0.5) is 5.69 Å². The zero-order valence-electron chi connectivity index (χ0n) is 9.84. The van der Waals surface area contributed by atoms with E-state index in [1.54, 1.807) is 23.9 Å². The highest BCUT2D eigenvalue weighted by atomic mass is 32.2. The van der Waals surface area contributed by atoms with E-state index in [4.69, 9.17) is 0 Å². The van der Waals surface area contributed by atoms with Crippen molar-refractivity contribution in [3.63, 3.8) is 0 Å². The molecule has 1 amide bonds. The van der Waals surface area contributed by atoms with E-state index in [9.17, 15) is 13.2 Å². The summed E-state index contributed by atoms with van der Waals surface area (Å²) in [4.78, 5) is 12.0. The Morgan fingerprint density at radius 2 is 2.28 bits per heavy atom. The van der Waals surface area contributed by atoms with Gasteiger partial charge in [0.1, 0.15) is 0 Å². The third-order valence-corrected chi connectivity index (χ3v) is 4.61. The largest absolute Gasteiger partial charge is 0.325 e. The molecule has 18 heavy (non-hydrogen) atoms. The average Bonchev–Trinajstić information content (AvgIpc) is 2.81. The van der Waals surface area contributed by atoms with Crippen molar-refractivity contribution >= 4 is 33.2 Å². The molecule has 0 aromatic heterocycles. The second-order valence-corrected chi connectivity index (χ2v) is 7.11. The summed E-state index contributed by atoms with van der Waals surface area (Å²) in [6, 6.07) is 6.05. The van der Waals surface area contributed by atoms with Crippen LogP contribution in [0.3, 0.4) is 0 Å². The summed E-state index contributed by atoms with van der Waals surface area (Å²) in [5.74, 6) is 1.37. The lowest BCUT2D eigenvalue weighted by atomic mass is 10.2. The number of rotatable bonds is 3. The van der Waals surface area contributed by atoms with Crippen molar-refractivity contribution in [2.75, 3.05) is 23.2 Å². The molecule has 1 aromatic carbocycles. The van der Waals surface area contributed by atoms with Crippen LogP contribution in [0.15, 0.2) is 29.2 Å². The number of hydrogen-bond acceptors (Lipinski definition) is 5. The minimum atomic E-state index is -3.25. The number of nitrogens with one attached hydrogen (secondary N) is 2. The molecule has 1 aliphatic rings. The molecule has 2 rings (SSSR count).